The van der Waals surface area contributed by atoms with Crippen LogP contribution in [-0.4, -0.2) is 12.1 Å². The average molecular weight is 535 g/mol. The molecule has 0 fully saturated rings. The molecule has 5 rings (SSSR count). The van der Waals surface area contributed by atoms with Gasteiger partial charge < -0.3 is 14.2 Å². The number of amides is 1. The number of fused-ring (bicyclic) bond motifs is 1. The second-order valence-electron chi connectivity index (χ2n) is 10.7. The lowest BCUT2D eigenvalue weighted by molar-refractivity contribution is 0.0947. The molecule has 3 aromatic heterocycles. The van der Waals surface area contributed by atoms with Crippen molar-refractivity contribution in [3.05, 3.63) is 86.8 Å². The highest BCUT2D eigenvalue weighted by molar-refractivity contribution is 7.16. The van der Waals surface area contributed by atoms with Crippen LogP contribution >= 0.6 is 22.9 Å². The summed E-state index contributed by atoms with van der Waals surface area (Å²) in [6.45, 7) is 9.24. The van der Waals surface area contributed by atoms with E-state index in [1.165, 1.54) is 4.88 Å². The van der Waals surface area contributed by atoms with Crippen molar-refractivity contribution in [3.63, 3.8) is 0 Å². The van der Waals surface area contributed by atoms with Crippen LogP contribution in [0.5, 0.6) is 0 Å². The van der Waals surface area contributed by atoms with Gasteiger partial charge in [-0.25, -0.2) is 4.99 Å². The lowest BCUT2D eigenvalue weighted by Gasteiger charge is -2.33. The Bertz CT molecular complexity index is 1440. The van der Waals surface area contributed by atoms with Crippen molar-refractivity contribution in [2.24, 2.45) is 16.3 Å². The molecule has 0 aliphatic heterocycles. The molecule has 1 atom stereocenters. The van der Waals surface area contributed by atoms with Gasteiger partial charge in [-0.3, -0.25) is 4.79 Å². The summed E-state index contributed by atoms with van der Waals surface area (Å²) in [5.74, 6) is 2.52. The summed E-state index contributed by atoms with van der Waals surface area (Å²) in [4.78, 5) is 19.4. The van der Waals surface area contributed by atoms with Crippen LogP contribution in [0.25, 0.3) is 11.3 Å². The number of thiophene rings is 1. The van der Waals surface area contributed by atoms with E-state index >= 15 is 0 Å². The number of aliphatic imine (C=N–C) groups is 1. The Morgan fingerprint density at radius 2 is 2.08 bits per heavy atom. The molecule has 37 heavy (non-hydrogen) atoms. The zero-order valence-corrected chi connectivity index (χ0v) is 23.1. The predicted molar refractivity (Wildman–Crippen MR) is 150 cm³/mol. The number of rotatable bonds is 6. The zero-order valence-electron chi connectivity index (χ0n) is 21.6. The number of hydrogen-bond acceptors (Lipinski definition) is 5. The molecular formula is C30H31ClN2O3S. The van der Waals surface area contributed by atoms with Crippen molar-refractivity contribution in [2.75, 3.05) is 0 Å². The first-order valence-corrected chi connectivity index (χ1v) is 13.7. The summed E-state index contributed by atoms with van der Waals surface area (Å²) in [5, 5.41) is 4.40. The van der Waals surface area contributed by atoms with Gasteiger partial charge in [0.25, 0.3) is 5.91 Å². The smallest absolute Gasteiger partial charge is 0.255 e. The fourth-order valence-corrected chi connectivity index (χ4v) is 6.29. The van der Waals surface area contributed by atoms with Crippen molar-refractivity contribution in [1.82, 2.24) is 5.32 Å². The van der Waals surface area contributed by atoms with Gasteiger partial charge in [0.05, 0.1) is 24.6 Å². The second-order valence-corrected chi connectivity index (χ2v) is 12.2. The minimum absolute atomic E-state index is 0.120. The molecule has 1 aliphatic rings. The normalized spacial score (nSPS) is 15.8. The van der Waals surface area contributed by atoms with Gasteiger partial charge in [-0.2, -0.15) is 0 Å². The summed E-state index contributed by atoms with van der Waals surface area (Å²) in [5.41, 5.74) is 4.05. The molecule has 1 aliphatic carbocycles. The van der Waals surface area contributed by atoms with E-state index in [0.29, 0.717) is 33.8 Å². The number of nitrogens with zero attached hydrogens (tertiary/aromatic N) is 1. The van der Waals surface area contributed by atoms with Crippen molar-refractivity contribution in [3.8, 4) is 11.3 Å². The first-order chi connectivity index (χ1) is 17.7. The van der Waals surface area contributed by atoms with E-state index in [0.717, 1.165) is 47.5 Å². The topological polar surface area (TPSA) is 67.7 Å². The lowest BCUT2D eigenvalue weighted by Crippen LogP contribution is -2.28. The highest BCUT2D eigenvalue weighted by Crippen LogP contribution is 2.45. The minimum Gasteiger partial charge on any atom is -0.467 e. The number of furan rings is 2. The van der Waals surface area contributed by atoms with E-state index in [1.807, 2.05) is 49.4 Å². The van der Waals surface area contributed by atoms with Gasteiger partial charge in [0, 0.05) is 15.5 Å². The molecule has 5 nitrogen and oxygen atoms in total. The number of carbonyl (C=O) groups excluding carboxylic acids is 1. The van der Waals surface area contributed by atoms with Crippen molar-refractivity contribution in [2.45, 2.75) is 53.5 Å². The fraction of sp³-hybridized carbons (Fsp3) is 0.333. The summed E-state index contributed by atoms with van der Waals surface area (Å²) in [6, 6.07) is 13.2. The maximum atomic E-state index is 13.4. The Labute approximate surface area is 226 Å². The molecule has 0 unspecified atom stereocenters. The Kier molecular flexibility index (Phi) is 7.15. The standard InChI is InChI=1S/C30H31ClN2O3S/c1-18-7-9-20(31)15-24(18)25-12-10-22(36-25)17-33-29-27(28(34)32-16-21-6-5-13-35-21)23-11-8-19(30(2,3)4)14-26(23)37-29/h5-7,9-10,12-13,15,17,19H,8,11,14,16H2,1-4H3,(H,32,34)/t19-/m1/s1. The van der Waals surface area contributed by atoms with Crippen LogP contribution < -0.4 is 5.32 Å². The lowest BCUT2D eigenvalue weighted by atomic mass is 9.72. The second kappa shape index (κ2) is 10.3. The monoisotopic (exact) mass is 534 g/mol. The van der Waals surface area contributed by atoms with Crippen LogP contribution in [0.1, 0.15) is 65.1 Å². The van der Waals surface area contributed by atoms with Crippen LogP contribution in [0, 0.1) is 18.3 Å². The van der Waals surface area contributed by atoms with Gasteiger partial charge in [-0.15, -0.1) is 11.3 Å². The summed E-state index contributed by atoms with van der Waals surface area (Å²) in [6.07, 6.45) is 6.22. The molecule has 4 aromatic rings. The third kappa shape index (κ3) is 5.60. The molecule has 0 spiro atoms. The van der Waals surface area contributed by atoms with Crippen LogP contribution in [0.15, 0.2) is 62.6 Å². The minimum atomic E-state index is -0.120. The molecule has 3 heterocycles. The van der Waals surface area contributed by atoms with Crippen molar-refractivity contribution < 1.29 is 13.6 Å². The predicted octanol–water partition coefficient (Wildman–Crippen LogP) is 8.39. The van der Waals surface area contributed by atoms with Crippen LogP contribution in [0.3, 0.4) is 0 Å². The van der Waals surface area contributed by atoms with E-state index in [4.69, 9.17) is 25.4 Å². The van der Waals surface area contributed by atoms with E-state index in [1.54, 1.807) is 23.8 Å². The maximum Gasteiger partial charge on any atom is 0.255 e. The highest BCUT2D eigenvalue weighted by atomic mass is 35.5. The quantitative estimate of drug-likeness (QED) is 0.252. The van der Waals surface area contributed by atoms with E-state index < -0.39 is 0 Å². The van der Waals surface area contributed by atoms with Gasteiger partial charge in [0.2, 0.25) is 0 Å². The Balaban J connectivity index is 1.44. The highest BCUT2D eigenvalue weighted by Gasteiger charge is 2.33. The van der Waals surface area contributed by atoms with Gasteiger partial charge in [-0.1, -0.05) is 38.4 Å². The number of nitrogens with one attached hydrogen (secondary N) is 1. The molecule has 0 bridgehead atoms. The molecule has 1 aromatic carbocycles. The number of benzene rings is 1. The molecule has 0 saturated carbocycles. The number of carbonyl (C=O) groups is 1. The van der Waals surface area contributed by atoms with E-state index in [9.17, 15) is 4.79 Å². The Morgan fingerprint density at radius 1 is 1.24 bits per heavy atom. The Morgan fingerprint density at radius 3 is 2.84 bits per heavy atom. The SMILES string of the molecule is Cc1ccc(Cl)cc1-c1ccc(C=Nc2sc3c(c2C(=O)NCc2ccco2)CC[C@@H](C(C)(C)C)C3)o1. The van der Waals surface area contributed by atoms with Gasteiger partial charge in [-0.05, 0) is 85.0 Å². The van der Waals surface area contributed by atoms with Gasteiger partial charge >= 0.3 is 0 Å². The number of hydrogen-bond donors (Lipinski definition) is 1. The number of halogens is 1. The molecule has 1 N–H and O–H groups in total. The summed E-state index contributed by atoms with van der Waals surface area (Å²) in [7, 11) is 0. The first kappa shape index (κ1) is 25.6. The average Bonchev–Trinajstić information content (AvgIpc) is 3.61. The van der Waals surface area contributed by atoms with Gasteiger partial charge in [0.15, 0.2) is 0 Å². The zero-order chi connectivity index (χ0) is 26.2. The third-order valence-electron chi connectivity index (χ3n) is 7.10. The van der Waals surface area contributed by atoms with Crippen LogP contribution in [-0.2, 0) is 19.4 Å². The number of aryl methyl sites for hydroxylation is 1. The molecule has 192 valence electrons. The fourth-order valence-electron chi connectivity index (χ4n) is 4.85. The van der Waals surface area contributed by atoms with E-state index in [-0.39, 0.29) is 11.3 Å². The molecule has 1 amide bonds. The van der Waals surface area contributed by atoms with Crippen LogP contribution in [0.2, 0.25) is 5.02 Å². The largest absolute Gasteiger partial charge is 0.467 e. The van der Waals surface area contributed by atoms with Crippen molar-refractivity contribution in [1.29, 1.82) is 0 Å². The van der Waals surface area contributed by atoms with Crippen LogP contribution in [0.4, 0.5) is 5.00 Å². The summed E-state index contributed by atoms with van der Waals surface area (Å²) >= 11 is 7.82. The molecule has 0 saturated heterocycles. The summed E-state index contributed by atoms with van der Waals surface area (Å²) < 4.78 is 11.5. The molecular weight excluding hydrogens is 504 g/mol. The first-order valence-electron chi connectivity index (χ1n) is 12.5. The van der Waals surface area contributed by atoms with Crippen molar-refractivity contribution >= 4 is 40.1 Å². The van der Waals surface area contributed by atoms with Gasteiger partial charge in [0.1, 0.15) is 22.3 Å². The van der Waals surface area contributed by atoms with E-state index in [2.05, 4.69) is 26.1 Å². The third-order valence-corrected chi connectivity index (χ3v) is 8.50. The molecule has 7 heteroatoms. The molecule has 0 radical (unpaired) electrons. The Hall–Kier alpha value is -3.09. The maximum absolute atomic E-state index is 13.4.